The average Bonchev–Trinajstić information content (AvgIpc) is 2.22. The minimum atomic E-state index is -1.62. The van der Waals surface area contributed by atoms with Crippen LogP contribution in [0, 0.1) is 0 Å². The molecule has 0 aliphatic carbocycles. The lowest BCUT2D eigenvalue weighted by atomic mass is 10.2. The maximum atomic E-state index is 11.3. The van der Waals surface area contributed by atoms with Gasteiger partial charge in [0.25, 0.3) is 0 Å². The van der Waals surface area contributed by atoms with Crippen molar-refractivity contribution >= 4 is 17.9 Å². The van der Waals surface area contributed by atoms with Gasteiger partial charge in [0.05, 0.1) is 6.08 Å². The zero-order valence-electron chi connectivity index (χ0n) is 10.3. The smallest absolute Gasteiger partial charge is 0.337 e. The van der Waals surface area contributed by atoms with Gasteiger partial charge in [0.1, 0.15) is 5.76 Å². The molecule has 1 rings (SSSR count). The number of ether oxygens (including phenoxy) is 4. The van der Waals surface area contributed by atoms with Crippen LogP contribution < -0.4 is 0 Å². The Labute approximate surface area is 104 Å². The Bertz CT molecular complexity index is 378. The number of esters is 3. The number of hydrogen-bond acceptors (Lipinski definition) is 7. The third kappa shape index (κ3) is 4.08. The van der Waals surface area contributed by atoms with Crippen molar-refractivity contribution < 1.29 is 33.3 Å². The van der Waals surface area contributed by atoms with Crippen molar-refractivity contribution in [3.05, 3.63) is 11.8 Å². The molecular weight excluding hydrogens is 244 g/mol. The van der Waals surface area contributed by atoms with Gasteiger partial charge < -0.3 is 18.9 Å². The predicted octanol–water partition coefficient (Wildman–Crippen LogP) is 0.286. The second kappa shape index (κ2) is 5.52. The molecule has 1 aliphatic heterocycles. The molecule has 0 amide bonds. The zero-order chi connectivity index (χ0) is 13.8. The lowest BCUT2D eigenvalue weighted by Gasteiger charge is -2.34. The van der Waals surface area contributed by atoms with E-state index < -0.39 is 23.7 Å². The van der Waals surface area contributed by atoms with Crippen LogP contribution in [-0.4, -0.2) is 36.9 Å². The highest BCUT2D eigenvalue weighted by Gasteiger charge is 2.42. The fourth-order valence-electron chi connectivity index (χ4n) is 1.31. The van der Waals surface area contributed by atoms with Crippen molar-refractivity contribution in [1.82, 2.24) is 0 Å². The van der Waals surface area contributed by atoms with Crippen molar-refractivity contribution in [2.75, 3.05) is 13.2 Å². The summed E-state index contributed by atoms with van der Waals surface area (Å²) in [5.74, 6) is -3.12. The highest BCUT2D eigenvalue weighted by Crippen LogP contribution is 2.24. The van der Waals surface area contributed by atoms with Crippen molar-refractivity contribution in [3.8, 4) is 0 Å². The third-order valence-corrected chi connectivity index (χ3v) is 1.95. The number of carbonyl (C=O) groups excluding carboxylic acids is 3. The summed E-state index contributed by atoms with van der Waals surface area (Å²) in [7, 11) is 0. The molecule has 0 spiro atoms. The minimum absolute atomic E-state index is 0.283. The number of rotatable bonds is 4. The molecule has 0 saturated carbocycles. The Hall–Kier alpha value is -2.05. The van der Waals surface area contributed by atoms with E-state index in [1.165, 1.54) is 20.8 Å². The second-order valence-electron chi connectivity index (χ2n) is 3.75. The molecule has 0 aromatic heterocycles. The number of cyclic esters (lactones) is 1. The van der Waals surface area contributed by atoms with E-state index >= 15 is 0 Å². The first kappa shape index (κ1) is 14.0. The van der Waals surface area contributed by atoms with Crippen molar-refractivity contribution in [1.29, 1.82) is 0 Å². The van der Waals surface area contributed by atoms with Gasteiger partial charge >= 0.3 is 23.7 Å². The van der Waals surface area contributed by atoms with Crippen LogP contribution in [0.1, 0.15) is 20.8 Å². The summed E-state index contributed by atoms with van der Waals surface area (Å²) < 4.78 is 19.8. The van der Waals surface area contributed by atoms with E-state index in [1.54, 1.807) is 0 Å². The predicted molar refractivity (Wildman–Crippen MR) is 56.9 cm³/mol. The molecule has 0 unspecified atom stereocenters. The SMILES string of the molecule is CC(=O)OCC1(COC(C)=O)OC(=O)C=C(C)O1. The summed E-state index contributed by atoms with van der Waals surface area (Å²) in [4.78, 5) is 32.9. The van der Waals surface area contributed by atoms with E-state index in [0.717, 1.165) is 6.08 Å². The van der Waals surface area contributed by atoms with E-state index in [4.69, 9.17) is 18.9 Å². The molecule has 7 heteroatoms. The molecule has 0 radical (unpaired) electrons. The first-order chi connectivity index (χ1) is 8.33. The Morgan fingerprint density at radius 3 is 2.06 bits per heavy atom. The average molecular weight is 258 g/mol. The van der Waals surface area contributed by atoms with Gasteiger partial charge in [0.2, 0.25) is 0 Å². The molecule has 0 saturated heterocycles. The van der Waals surface area contributed by atoms with Crippen LogP contribution in [0.2, 0.25) is 0 Å². The molecule has 0 fully saturated rings. The maximum absolute atomic E-state index is 11.3. The fraction of sp³-hybridized carbons (Fsp3) is 0.545. The van der Waals surface area contributed by atoms with Gasteiger partial charge in [-0.15, -0.1) is 0 Å². The van der Waals surface area contributed by atoms with E-state index in [2.05, 4.69) is 0 Å². The van der Waals surface area contributed by atoms with Crippen LogP contribution in [0.3, 0.4) is 0 Å². The third-order valence-electron chi connectivity index (χ3n) is 1.95. The van der Waals surface area contributed by atoms with Crippen LogP contribution in [0.15, 0.2) is 11.8 Å². The van der Waals surface area contributed by atoms with Crippen LogP contribution >= 0.6 is 0 Å². The van der Waals surface area contributed by atoms with Crippen molar-refractivity contribution in [3.63, 3.8) is 0 Å². The van der Waals surface area contributed by atoms with Gasteiger partial charge in [-0.05, 0) is 6.92 Å². The molecule has 100 valence electrons. The van der Waals surface area contributed by atoms with E-state index in [9.17, 15) is 14.4 Å². The van der Waals surface area contributed by atoms with Gasteiger partial charge in [0.15, 0.2) is 13.2 Å². The molecule has 0 aromatic carbocycles. The summed E-state index contributed by atoms with van der Waals surface area (Å²) in [6.45, 7) is 3.23. The normalized spacial score (nSPS) is 17.1. The van der Waals surface area contributed by atoms with E-state index in [0.29, 0.717) is 0 Å². The monoisotopic (exact) mass is 258 g/mol. The quantitative estimate of drug-likeness (QED) is 0.528. The maximum Gasteiger partial charge on any atom is 0.337 e. The number of carbonyl (C=O) groups is 3. The van der Waals surface area contributed by atoms with Crippen molar-refractivity contribution in [2.24, 2.45) is 0 Å². The molecule has 0 N–H and O–H groups in total. The Kier molecular flexibility index (Phi) is 4.30. The van der Waals surface area contributed by atoms with Crippen molar-refractivity contribution in [2.45, 2.75) is 26.6 Å². The van der Waals surface area contributed by atoms with Crippen LogP contribution in [0.5, 0.6) is 0 Å². The summed E-state index contributed by atoms with van der Waals surface area (Å²) in [5, 5.41) is 0. The number of hydrogen-bond donors (Lipinski definition) is 0. The Morgan fingerprint density at radius 2 is 1.67 bits per heavy atom. The van der Waals surface area contributed by atoms with Crippen LogP contribution in [0.4, 0.5) is 0 Å². The topological polar surface area (TPSA) is 88.1 Å². The molecule has 1 aliphatic rings. The van der Waals surface area contributed by atoms with E-state index in [1.807, 2.05) is 0 Å². The summed E-state index contributed by atoms with van der Waals surface area (Å²) in [5.41, 5.74) is 0. The highest BCUT2D eigenvalue weighted by molar-refractivity contribution is 5.83. The standard InChI is InChI=1S/C11H14O7/c1-7-4-10(14)18-11(17-7,5-15-8(2)12)6-16-9(3)13/h4H,5-6H2,1-3H3. The second-order valence-corrected chi connectivity index (χ2v) is 3.75. The first-order valence-corrected chi connectivity index (χ1v) is 5.20. The molecule has 0 aromatic rings. The summed E-state index contributed by atoms with van der Waals surface area (Å²) in [6, 6.07) is 0. The lowest BCUT2D eigenvalue weighted by molar-refractivity contribution is -0.255. The molecule has 0 bridgehead atoms. The summed E-state index contributed by atoms with van der Waals surface area (Å²) in [6.07, 6.45) is 1.14. The largest absolute Gasteiger partial charge is 0.457 e. The number of allylic oxidation sites excluding steroid dienone is 1. The molecule has 1 heterocycles. The van der Waals surface area contributed by atoms with Gasteiger partial charge in [-0.2, -0.15) is 0 Å². The highest BCUT2D eigenvalue weighted by atomic mass is 16.8. The van der Waals surface area contributed by atoms with Gasteiger partial charge in [-0.3, -0.25) is 9.59 Å². The van der Waals surface area contributed by atoms with Gasteiger partial charge in [-0.25, -0.2) is 4.79 Å². The fourth-order valence-corrected chi connectivity index (χ4v) is 1.31. The van der Waals surface area contributed by atoms with E-state index in [-0.39, 0.29) is 19.0 Å². The molecule has 7 nitrogen and oxygen atoms in total. The first-order valence-electron chi connectivity index (χ1n) is 5.20. The van der Waals surface area contributed by atoms with Crippen LogP contribution in [0.25, 0.3) is 0 Å². The van der Waals surface area contributed by atoms with Gasteiger partial charge in [0, 0.05) is 13.8 Å². The summed E-state index contributed by atoms with van der Waals surface area (Å²) >= 11 is 0. The van der Waals surface area contributed by atoms with Crippen LogP contribution in [-0.2, 0) is 33.3 Å². The lowest BCUT2D eigenvalue weighted by Crippen LogP contribution is -2.49. The Morgan fingerprint density at radius 1 is 1.17 bits per heavy atom. The zero-order valence-corrected chi connectivity index (χ0v) is 10.3. The molecule has 18 heavy (non-hydrogen) atoms. The molecular formula is C11H14O7. The minimum Gasteiger partial charge on any atom is -0.457 e. The van der Waals surface area contributed by atoms with Gasteiger partial charge in [-0.1, -0.05) is 0 Å². The molecule has 0 atom stereocenters. The Balaban J connectivity index is 2.80.